The topological polar surface area (TPSA) is 59.0 Å². The van der Waals surface area contributed by atoms with Gasteiger partial charge in [0.15, 0.2) is 5.72 Å². The maximum atomic E-state index is 14.2. The van der Waals surface area contributed by atoms with E-state index in [0.29, 0.717) is 28.6 Å². The highest BCUT2D eigenvalue weighted by Gasteiger charge is 2.57. The van der Waals surface area contributed by atoms with Crippen LogP contribution in [0.4, 0.5) is 9.18 Å². The van der Waals surface area contributed by atoms with E-state index in [9.17, 15) is 14.3 Å². The highest BCUT2D eigenvalue weighted by atomic mass is 28.4. The van der Waals surface area contributed by atoms with Crippen molar-refractivity contribution in [1.82, 2.24) is 4.90 Å². The zero-order chi connectivity index (χ0) is 23.8. The molecule has 0 bridgehead atoms. The van der Waals surface area contributed by atoms with Gasteiger partial charge in [-0.05, 0) is 55.9 Å². The summed E-state index contributed by atoms with van der Waals surface area (Å²) in [5.41, 5.74) is -1.30. The Hall–Kier alpha value is -1.44. The molecule has 5 nitrogen and oxygen atoms in total. The van der Waals surface area contributed by atoms with E-state index in [1.807, 2.05) is 0 Å². The van der Waals surface area contributed by atoms with Gasteiger partial charge in [-0.3, -0.25) is 4.90 Å². The molecule has 0 aromatic heterocycles. The van der Waals surface area contributed by atoms with Gasteiger partial charge in [0.1, 0.15) is 11.4 Å². The number of carbonyl (C=O) groups excluding carboxylic acids is 1. The Bertz CT molecular complexity index is 755. The van der Waals surface area contributed by atoms with E-state index in [1.54, 1.807) is 32.9 Å². The van der Waals surface area contributed by atoms with Crippen LogP contribution in [0.5, 0.6) is 0 Å². The molecule has 1 heterocycles. The van der Waals surface area contributed by atoms with E-state index in [1.165, 1.54) is 17.0 Å². The number of hydrogen-bond donors (Lipinski definition) is 1. The number of likely N-dealkylation sites (tertiary alicyclic amines) is 1. The Morgan fingerprint density at radius 1 is 1.16 bits per heavy atom. The van der Waals surface area contributed by atoms with Crippen molar-refractivity contribution in [3.05, 3.63) is 35.6 Å². The number of halogens is 1. The summed E-state index contributed by atoms with van der Waals surface area (Å²) in [5.74, 6) is -0.471. The minimum absolute atomic E-state index is 0.269. The van der Waals surface area contributed by atoms with Crippen molar-refractivity contribution in [3.63, 3.8) is 0 Å². The summed E-state index contributed by atoms with van der Waals surface area (Å²) in [5, 5.41) is 12.0. The third-order valence-corrected chi connectivity index (χ3v) is 12.5. The first-order valence-corrected chi connectivity index (χ1v) is 13.5. The molecule has 31 heavy (non-hydrogen) atoms. The number of rotatable bonds is 6. The average molecular weight is 454 g/mol. The van der Waals surface area contributed by atoms with Crippen LogP contribution in [0.15, 0.2) is 24.3 Å². The maximum absolute atomic E-state index is 14.2. The fourth-order valence-electron chi connectivity index (χ4n) is 5.19. The Morgan fingerprint density at radius 2 is 1.71 bits per heavy atom. The predicted molar refractivity (Wildman–Crippen MR) is 124 cm³/mol. The van der Waals surface area contributed by atoms with E-state index in [2.05, 4.69) is 41.5 Å². The van der Waals surface area contributed by atoms with Crippen LogP contribution in [0, 0.1) is 5.82 Å². The SMILES string of the molecule is CC(C)[Si](OC1CCN(C(=O)OC(C)(C)C)C1(O)c1cccc(F)c1)(C(C)C)C(C)C. The van der Waals surface area contributed by atoms with Crippen LogP contribution in [0.2, 0.25) is 16.6 Å². The lowest BCUT2D eigenvalue weighted by Crippen LogP contribution is -2.57. The maximum Gasteiger partial charge on any atom is 0.412 e. The van der Waals surface area contributed by atoms with Crippen LogP contribution in [0.3, 0.4) is 0 Å². The van der Waals surface area contributed by atoms with Gasteiger partial charge in [0.25, 0.3) is 0 Å². The van der Waals surface area contributed by atoms with Gasteiger partial charge in [-0.25, -0.2) is 9.18 Å². The Kier molecular flexibility index (Phi) is 7.66. The second-order valence-corrected chi connectivity index (χ2v) is 16.0. The first-order valence-electron chi connectivity index (χ1n) is 11.3. The normalized spacial score (nSPS) is 22.6. The monoisotopic (exact) mass is 453 g/mol. The number of hydrogen-bond acceptors (Lipinski definition) is 4. The third kappa shape index (κ3) is 4.99. The van der Waals surface area contributed by atoms with Gasteiger partial charge < -0.3 is 14.3 Å². The van der Waals surface area contributed by atoms with Crippen molar-refractivity contribution < 1.29 is 23.5 Å². The fourth-order valence-corrected chi connectivity index (χ4v) is 10.8. The molecule has 1 fully saturated rings. The summed E-state index contributed by atoms with van der Waals surface area (Å²) in [7, 11) is -2.37. The standard InChI is InChI=1S/C24H40FNO4Si/c1-16(2)31(17(3)4,18(5)6)30-21-13-14-26(22(27)29-23(7,8)9)24(21,28)19-11-10-12-20(25)15-19/h10-12,15-18,21,28H,13-14H2,1-9H3. The molecule has 2 rings (SSSR count). The molecule has 1 amide bonds. The van der Waals surface area contributed by atoms with Crippen LogP contribution >= 0.6 is 0 Å². The molecule has 0 spiro atoms. The summed E-state index contributed by atoms with van der Waals surface area (Å²) >= 11 is 0. The van der Waals surface area contributed by atoms with Gasteiger partial charge >= 0.3 is 6.09 Å². The Morgan fingerprint density at radius 3 is 2.16 bits per heavy atom. The van der Waals surface area contributed by atoms with Crippen molar-refractivity contribution in [3.8, 4) is 0 Å². The molecule has 0 radical (unpaired) electrons. The number of benzene rings is 1. The first-order chi connectivity index (χ1) is 14.2. The average Bonchev–Trinajstić information content (AvgIpc) is 2.94. The smallest absolute Gasteiger partial charge is 0.412 e. The number of aliphatic hydroxyl groups is 1. The van der Waals surface area contributed by atoms with Crippen LogP contribution in [0.25, 0.3) is 0 Å². The van der Waals surface area contributed by atoms with Gasteiger partial charge in [-0.2, -0.15) is 0 Å². The van der Waals surface area contributed by atoms with E-state index in [-0.39, 0.29) is 6.54 Å². The third-order valence-electron chi connectivity index (χ3n) is 6.39. The van der Waals surface area contributed by atoms with Crippen molar-refractivity contribution in [1.29, 1.82) is 0 Å². The zero-order valence-corrected chi connectivity index (χ0v) is 21.5. The quantitative estimate of drug-likeness (QED) is 0.523. The minimum Gasteiger partial charge on any atom is -0.444 e. The summed E-state index contributed by atoms with van der Waals surface area (Å²) in [6, 6.07) is 5.79. The minimum atomic E-state index is -2.37. The number of carbonyl (C=O) groups is 1. The molecule has 2 atom stereocenters. The van der Waals surface area contributed by atoms with Gasteiger partial charge in [-0.1, -0.05) is 53.7 Å². The van der Waals surface area contributed by atoms with Crippen molar-refractivity contribution in [2.75, 3.05) is 6.54 Å². The second-order valence-electron chi connectivity index (χ2n) is 10.6. The Labute approximate surface area is 188 Å². The predicted octanol–water partition coefficient (Wildman–Crippen LogP) is 6.17. The molecule has 176 valence electrons. The van der Waals surface area contributed by atoms with E-state index < -0.39 is 37.7 Å². The summed E-state index contributed by atoms with van der Waals surface area (Å²) in [4.78, 5) is 14.4. The van der Waals surface area contributed by atoms with E-state index in [0.717, 1.165) is 0 Å². The van der Waals surface area contributed by atoms with Gasteiger partial charge in [0.2, 0.25) is 8.32 Å². The summed E-state index contributed by atoms with van der Waals surface area (Å²) < 4.78 is 26.7. The van der Waals surface area contributed by atoms with Gasteiger partial charge in [-0.15, -0.1) is 0 Å². The van der Waals surface area contributed by atoms with Crippen molar-refractivity contribution in [2.45, 2.75) is 103 Å². The van der Waals surface area contributed by atoms with Crippen LogP contribution < -0.4 is 0 Å². The van der Waals surface area contributed by atoms with Crippen LogP contribution in [-0.2, 0) is 14.9 Å². The van der Waals surface area contributed by atoms with E-state index in [4.69, 9.17) is 9.16 Å². The highest BCUT2D eigenvalue weighted by molar-refractivity contribution is 6.77. The molecule has 2 unspecified atom stereocenters. The highest BCUT2D eigenvalue weighted by Crippen LogP contribution is 2.48. The van der Waals surface area contributed by atoms with Gasteiger partial charge in [0, 0.05) is 12.1 Å². The van der Waals surface area contributed by atoms with Crippen LogP contribution in [0.1, 0.15) is 74.3 Å². The van der Waals surface area contributed by atoms with Crippen molar-refractivity contribution in [2.24, 2.45) is 0 Å². The van der Waals surface area contributed by atoms with Crippen LogP contribution in [-0.4, -0.2) is 42.7 Å². The molecule has 1 saturated heterocycles. The van der Waals surface area contributed by atoms with Crippen molar-refractivity contribution >= 4 is 14.4 Å². The summed E-state index contributed by atoms with van der Waals surface area (Å²) in [6.07, 6.45) is -0.843. The fraction of sp³-hybridized carbons (Fsp3) is 0.708. The molecule has 7 heteroatoms. The number of nitrogens with zero attached hydrogens (tertiary/aromatic N) is 1. The lowest BCUT2D eigenvalue weighted by Gasteiger charge is -2.47. The molecule has 0 aliphatic carbocycles. The Balaban J connectivity index is 2.57. The lowest BCUT2D eigenvalue weighted by atomic mass is 9.97. The molecule has 1 aliphatic heterocycles. The largest absolute Gasteiger partial charge is 0.444 e. The number of amides is 1. The number of ether oxygens (including phenoxy) is 1. The molecule has 1 N–H and O–H groups in total. The lowest BCUT2D eigenvalue weighted by molar-refractivity contribution is -0.139. The van der Waals surface area contributed by atoms with Gasteiger partial charge in [0.05, 0.1) is 6.10 Å². The summed E-state index contributed by atoms with van der Waals surface area (Å²) in [6.45, 7) is 18.7. The first kappa shape index (κ1) is 25.8. The molecule has 1 aromatic rings. The molecule has 1 aliphatic rings. The molecule has 0 saturated carbocycles. The molecular formula is C24H40FNO4Si. The molecular weight excluding hydrogens is 413 g/mol. The second kappa shape index (κ2) is 9.20. The van der Waals surface area contributed by atoms with E-state index >= 15 is 0 Å². The molecule has 1 aromatic carbocycles. The zero-order valence-electron chi connectivity index (χ0n) is 20.5.